The number of nitrogens with one attached hydrogen (secondary N) is 2. The van der Waals surface area contributed by atoms with Gasteiger partial charge in [0.25, 0.3) is 0 Å². The van der Waals surface area contributed by atoms with Gasteiger partial charge in [-0.2, -0.15) is 9.97 Å². The van der Waals surface area contributed by atoms with Crippen LogP contribution in [0.5, 0.6) is 5.75 Å². The molecule has 0 amide bonds. The highest BCUT2D eigenvalue weighted by Crippen LogP contribution is 2.33. The minimum atomic E-state index is -1.02. The minimum absolute atomic E-state index is 0.166. The van der Waals surface area contributed by atoms with E-state index < -0.39 is 21.6 Å². The highest BCUT2D eigenvalue weighted by Gasteiger charge is 2.31. The van der Waals surface area contributed by atoms with E-state index in [1.165, 1.54) is 0 Å². The van der Waals surface area contributed by atoms with Gasteiger partial charge < -0.3 is 29.7 Å². The summed E-state index contributed by atoms with van der Waals surface area (Å²) < 4.78 is 41.4. The van der Waals surface area contributed by atoms with E-state index in [0.717, 1.165) is 123 Å². The van der Waals surface area contributed by atoms with Crippen molar-refractivity contribution in [3.8, 4) is 5.75 Å². The Bertz CT molecular complexity index is 1670. The van der Waals surface area contributed by atoms with Crippen LogP contribution in [0.25, 0.3) is 0 Å². The summed E-state index contributed by atoms with van der Waals surface area (Å²) in [6, 6.07) is 8.13. The first-order valence-corrected chi connectivity index (χ1v) is 20.4. The average molecular weight is 751 g/mol. The number of aryl methyl sites for hydroxylation is 2. The summed E-state index contributed by atoms with van der Waals surface area (Å²) in [4.78, 5) is 21.8. The number of ether oxygens (including phenoxy) is 3. The molecule has 0 bridgehead atoms. The fourth-order valence-electron chi connectivity index (χ4n) is 6.64. The van der Waals surface area contributed by atoms with Gasteiger partial charge in [0.15, 0.2) is 0 Å². The van der Waals surface area contributed by atoms with Gasteiger partial charge in [0.05, 0.1) is 33.0 Å². The first-order chi connectivity index (χ1) is 23.9. The third-order valence-electron chi connectivity index (χ3n) is 9.30. The van der Waals surface area contributed by atoms with E-state index in [-0.39, 0.29) is 11.4 Å². The molecule has 264 valence electrons. The third-order valence-corrected chi connectivity index (χ3v) is 12.6. The van der Waals surface area contributed by atoms with Crippen LogP contribution in [-0.4, -0.2) is 97.6 Å². The van der Waals surface area contributed by atoms with Crippen molar-refractivity contribution in [1.82, 2.24) is 19.9 Å². The van der Waals surface area contributed by atoms with Crippen molar-refractivity contribution in [3.63, 3.8) is 0 Å². The van der Waals surface area contributed by atoms with Crippen LogP contribution in [-0.2, 0) is 43.9 Å². The second kappa shape index (κ2) is 16.2. The van der Waals surface area contributed by atoms with E-state index in [1.807, 2.05) is 24.3 Å². The number of rotatable bonds is 7. The molecule has 7 heterocycles. The van der Waals surface area contributed by atoms with Gasteiger partial charge in [-0.1, -0.05) is 11.6 Å². The molecule has 49 heavy (non-hydrogen) atoms. The van der Waals surface area contributed by atoms with Gasteiger partial charge in [0.1, 0.15) is 33.3 Å². The zero-order valence-electron chi connectivity index (χ0n) is 27.2. The van der Waals surface area contributed by atoms with Crippen molar-refractivity contribution in [2.75, 3.05) is 66.6 Å². The maximum Gasteiger partial charge on any atom is 0.227 e. The van der Waals surface area contributed by atoms with Gasteiger partial charge in [0, 0.05) is 93.8 Å². The molecule has 0 spiro atoms. The molecule has 0 radical (unpaired) electrons. The predicted octanol–water partition coefficient (Wildman–Crippen LogP) is 4.82. The predicted molar refractivity (Wildman–Crippen MR) is 191 cm³/mol. The molecular formula is C33H41Cl2N7O5S2. The van der Waals surface area contributed by atoms with E-state index in [2.05, 4.69) is 25.5 Å². The summed E-state index contributed by atoms with van der Waals surface area (Å²) in [5, 5.41) is 7.83. The first kappa shape index (κ1) is 34.8. The summed E-state index contributed by atoms with van der Waals surface area (Å²) in [5.41, 5.74) is 1.75. The van der Waals surface area contributed by atoms with Gasteiger partial charge >= 0.3 is 0 Å². The lowest BCUT2D eigenvalue weighted by atomic mass is 10.1. The maximum absolute atomic E-state index is 12.6. The molecule has 2 unspecified atom stereocenters. The van der Waals surface area contributed by atoms with Crippen molar-refractivity contribution in [2.45, 2.75) is 79.3 Å². The Morgan fingerprint density at radius 3 is 1.82 bits per heavy atom. The van der Waals surface area contributed by atoms with Crippen LogP contribution in [0.2, 0.25) is 10.3 Å². The summed E-state index contributed by atoms with van der Waals surface area (Å²) >= 11 is 11.9. The SMILES string of the molecule is O=S1CCc2nc(Cl)nc(NC3CCOCC3)c21.O=S1CCc2nc(N3CCC(Oc4ccc(Cl)cc4)CC3)nc(NC3CCOCC3)c21. The van der Waals surface area contributed by atoms with Gasteiger partial charge in [0.2, 0.25) is 11.2 Å². The van der Waals surface area contributed by atoms with Crippen molar-refractivity contribution >= 4 is 62.4 Å². The number of piperidine rings is 1. The highest BCUT2D eigenvalue weighted by atomic mass is 35.5. The molecule has 3 fully saturated rings. The van der Waals surface area contributed by atoms with E-state index in [0.29, 0.717) is 40.9 Å². The van der Waals surface area contributed by atoms with Gasteiger partial charge in [-0.15, -0.1) is 0 Å². The normalized spacial score (nSPS) is 22.9. The number of benzene rings is 1. The topological polar surface area (TPSA) is 141 Å². The van der Waals surface area contributed by atoms with Crippen LogP contribution in [0.1, 0.15) is 49.9 Å². The monoisotopic (exact) mass is 749 g/mol. The Kier molecular flexibility index (Phi) is 11.5. The average Bonchev–Trinajstić information content (AvgIpc) is 3.69. The van der Waals surface area contributed by atoms with Crippen molar-refractivity contribution in [1.29, 1.82) is 0 Å². The van der Waals surface area contributed by atoms with Gasteiger partial charge in [-0.3, -0.25) is 8.42 Å². The lowest BCUT2D eigenvalue weighted by Gasteiger charge is -2.33. The highest BCUT2D eigenvalue weighted by molar-refractivity contribution is 7.85. The zero-order chi connectivity index (χ0) is 33.7. The zero-order valence-corrected chi connectivity index (χ0v) is 30.3. The Morgan fingerprint density at radius 1 is 0.714 bits per heavy atom. The Hall–Kier alpha value is -2.62. The molecule has 16 heteroatoms. The number of hydrogen-bond donors (Lipinski definition) is 2. The Labute approximate surface area is 301 Å². The molecule has 2 N–H and O–H groups in total. The van der Waals surface area contributed by atoms with Crippen molar-refractivity contribution < 1.29 is 22.6 Å². The molecule has 3 saturated heterocycles. The molecule has 5 aliphatic heterocycles. The van der Waals surface area contributed by atoms with Crippen molar-refractivity contribution in [2.24, 2.45) is 0 Å². The molecule has 0 aliphatic carbocycles. The second-order valence-electron chi connectivity index (χ2n) is 12.7. The molecular weight excluding hydrogens is 709 g/mol. The fraction of sp³-hybridized carbons (Fsp3) is 0.576. The maximum atomic E-state index is 12.6. The Balaban J connectivity index is 0.000000178. The summed E-state index contributed by atoms with van der Waals surface area (Å²) in [5.74, 6) is 4.23. The Morgan fingerprint density at radius 2 is 1.24 bits per heavy atom. The molecule has 3 aromatic rings. The smallest absolute Gasteiger partial charge is 0.227 e. The largest absolute Gasteiger partial charge is 0.490 e. The van der Waals surface area contributed by atoms with Crippen LogP contribution >= 0.6 is 23.2 Å². The second-order valence-corrected chi connectivity index (χ2v) is 16.5. The lowest BCUT2D eigenvalue weighted by molar-refractivity contribution is 0.0902. The lowest BCUT2D eigenvalue weighted by Crippen LogP contribution is -2.39. The van der Waals surface area contributed by atoms with Crippen molar-refractivity contribution in [3.05, 3.63) is 46.0 Å². The number of hydrogen-bond acceptors (Lipinski definition) is 12. The van der Waals surface area contributed by atoms with E-state index in [1.54, 1.807) is 0 Å². The number of nitrogens with zero attached hydrogens (tertiary/aromatic N) is 5. The molecule has 1 aromatic carbocycles. The summed E-state index contributed by atoms with van der Waals surface area (Å²) in [6.07, 6.45) is 7.17. The van der Waals surface area contributed by atoms with E-state index in [4.69, 9.17) is 47.4 Å². The number of anilines is 3. The molecule has 2 aromatic heterocycles. The quantitative estimate of drug-likeness (QED) is 0.320. The molecule has 0 saturated carbocycles. The van der Waals surface area contributed by atoms with Crippen LogP contribution in [0.4, 0.5) is 17.6 Å². The van der Waals surface area contributed by atoms with Crippen LogP contribution < -0.4 is 20.3 Å². The first-order valence-electron chi connectivity index (χ1n) is 17.0. The molecule has 5 aliphatic rings. The molecule has 2 atom stereocenters. The van der Waals surface area contributed by atoms with Crippen LogP contribution in [0.3, 0.4) is 0 Å². The summed E-state index contributed by atoms with van der Waals surface area (Å²) in [7, 11) is -2.02. The molecule has 12 nitrogen and oxygen atoms in total. The number of aromatic nitrogens is 4. The standard InChI is InChI=1S/C22H27ClN4O3S.C11H14ClN3O2S/c23-15-1-3-17(4-2-15)30-18-5-10-27(11-6-18)22-25-19-9-14-31(28)20(19)21(26-22)24-16-7-12-29-13-8-16;12-11-14-8-3-6-18(16)9(8)10(15-11)13-7-1-4-17-5-2-7/h1-4,16,18H,5-14H2,(H,24,25,26);7H,1-6H2,(H,13,14,15). The van der Waals surface area contributed by atoms with Crippen LogP contribution in [0.15, 0.2) is 34.1 Å². The summed E-state index contributed by atoms with van der Waals surface area (Å²) in [6.45, 7) is 4.67. The molecule has 8 rings (SSSR count). The number of halogens is 2. The van der Waals surface area contributed by atoms with E-state index >= 15 is 0 Å². The number of fused-ring (bicyclic) bond motifs is 2. The third kappa shape index (κ3) is 8.65. The van der Waals surface area contributed by atoms with E-state index in [9.17, 15) is 8.42 Å². The van der Waals surface area contributed by atoms with Gasteiger partial charge in [-0.05, 0) is 61.5 Å². The van der Waals surface area contributed by atoms with Crippen LogP contribution in [0, 0.1) is 0 Å². The minimum Gasteiger partial charge on any atom is -0.490 e. The fourth-order valence-corrected chi connectivity index (χ4v) is 9.58. The van der Waals surface area contributed by atoms with Gasteiger partial charge in [-0.25, -0.2) is 9.97 Å².